The van der Waals surface area contributed by atoms with Crippen LogP contribution in [0.1, 0.15) is 18.5 Å². The number of ether oxygens (including phenoxy) is 1. The van der Waals surface area contributed by atoms with Gasteiger partial charge >= 0.3 is 6.18 Å². The summed E-state index contributed by atoms with van der Waals surface area (Å²) in [5.41, 5.74) is 1.31. The van der Waals surface area contributed by atoms with Gasteiger partial charge in [-0.05, 0) is 48.0 Å². The monoisotopic (exact) mass is 470 g/mol. The highest BCUT2D eigenvalue weighted by Gasteiger charge is 2.36. The predicted octanol–water partition coefficient (Wildman–Crippen LogP) is 5.98. The van der Waals surface area contributed by atoms with Crippen molar-refractivity contribution >= 4 is 29.2 Å². The molecular weight excluding hydrogens is 449 g/mol. The van der Waals surface area contributed by atoms with Crippen LogP contribution in [0.15, 0.2) is 65.8 Å². The van der Waals surface area contributed by atoms with Crippen molar-refractivity contribution in [1.82, 2.24) is 15.2 Å². The summed E-state index contributed by atoms with van der Waals surface area (Å²) < 4.78 is 46.2. The van der Waals surface area contributed by atoms with Crippen LogP contribution in [0.25, 0.3) is 22.0 Å². The number of halogens is 3. The Morgan fingerprint density at radius 2 is 1.79 bits per heavy atom. The molecule has 2 aromatic carbocycles. The molecule has 9 heteroatoms. The summed E-state index contributed by atoms with van der Waals surface area (Å²) in [5, 5.41) is 6.51. The molecule has 0 saturated carbocycles. The fraction of sp³-hybridized carbons (Fsp3) is 0.250. The quantitative estimate of drug-likeness (QED) is 0.360. The van der Waals surface area contributed by atoms with Crippen molar-refractivity contribution in [2.45, 2.75) is 30.0 Å². The van der Waals surface area contributed by atoms with Crippen LogP contribution < -0.4 is 9.64 Å². The Balaban J connectivity index is 1.38. The summed E-state index contributed by atoms with van der Waals surface area (Å²) >= 11 is 4.30. The lowest BCUT2D eigenvalue weighted by molar-refractivity contribution is -0.140. The zero-order chi connectivity index (χ0) is 23.0. The first-order valence-electron chi connectivity index (χ1n) is 10.6. The summed E-state index contributed by atoms with van der Waals surface area (Å²) in [4.78, 5) is 7.53. The maximum Gasteiger partial charge on any atom is 0.433 e. The van der Waals surface area contributed by atoms with E-state index < -0.39 is 11.9 Å². The lowest BCUT2D eigenvalue weighted by Crippen LogP contribution is -2.38. The van der Waals surface area contributed by atoms with Gasteiger partial charge in [0.05, 0.1) is 11.7 Å². The van der Waals surface area contributed by atoms with E-state index in [4.69, 9.17) is 4.74 Å². The molecule has 3 heterocycles. The normalized spacial score (nSPS) is 15.2. The van der Waals surface area contributed by atoms with Crippen molar-refractivity contribution < 1.29 is 17.9 Å². The Labute approximate surface area is 194 Å². The second-order valence-electron chi connectivity index (χ2n) is 8.02. The average molecular weight is 471 g/mol. The molecule has 33 heavy (non-hydrogen) atoms. The van der Waals surface area contributed by atoms with E-state index in [2.05, 4.69) is 32.7 Å². The van der Waals surface area contributed by atoms with Gasteiger partial charge in [0, 0.05) is 53.7 Å². The van der Waals surface area contributed by atoms with E-state index in [1.807, 2.05) is 30.3 Å². The number of aromatic amines is 1. The van der Waals surface area contributed by atoms with Gasteiger partial charge in [-0.25, -0.2) is 0 Å². The third-order valence-corrected chi connectivity index (χ3v) is 6.17. The van der Waals surface area contributed by atoms with E-state index in [0.717, 1.165) is 53.2 Å². The standard InChI is InChI=1S/C24H21F3N4OS/c25-24(26,27)23-20(14-29-30-23)15-1-6-21-19(13-15)22(7-10-28-21)31-11-8-17(9-12-31)32-16-2-4-18(33)5-3-16/h1-7,10,13-14,17,33H,8-9,11-12H2,(H,29,30). The molecule has 1 fully saturated rings. The second kappa shape index (κ2) is 8.62. The number of alkyl halides is 3. The number of rotatable bonds is 4. The van der Waals surface area contributed by atoms with E-state index in [-0.39, 0.29) is 11.7 Å². The van der Waals surface area contributed by atoms with E-state index in [0.29, 0.717) is 5.56 Å². The Kier molecular flexibility index (Phi) is 5.65. The minimum atomic E-state index is -4.51. The summed E-state index contributed by atoms with van der Waals surface area (Å²) in [7, 11) is 0. The Hall–Kier alpha value is -3.20. The van der Waals surface area contributed by atoms with Crippen molar-refractivity contribution in [3.8, 4) is 16.9 Å². The third kappa shape index (κ3) is 4.50. The highest BCUT2D eigenvalue weighted by Crippen LogP contribution is 2.37. The maximum atomic E-state index is 13.4. The number of piperidine rings is 1. The number of nitrogens with zero attached hydrogens (tertiary/aromatic N) is 3. The van der Waals surface area contributed by atoms with E-state index in [1.54, 1.807) is 24.4 Å². The van der Waals surface area contributed by atoms with Crippen LogP contribution in [0.4, 0.5) is 18.9 Å². The number of pyridine rings is 1. The molecule has 0 amide bonds. The van der Waals surface area contributed by atoms with Gasteiger partial charge in [0.25, 0.3) is 0 Å². The number of hydrogen-bond acceptors (Lipinski definition) is 5. The molecule has 1 N–H and O–H groups in total. The smallest absolute Gasteiger partial charge is 0.433 e. The molecule has 1 saturated heterocycles. The zero-order valence-electron chi connectivity index (χ0n) is 17.5. The van der Waals surface area contributed by atoms with Crippen LogP contribution >= 0.6 is 12.6 Å². The molecule has 0 unspecified atom stereocenters. The van der Waals surface area contributed by atoms with Gasteiger partial charge in [0.15, 0.2) is 0 Å². The molecule has 1 aliphatic rings. The Morgan fingerprint density at radius 1 is 1.03 bits per heavy atom. The molecule has 0 bridgehead atoms. The molecule has 4 aromatic rings. The number of anilines is 1. The third-order valence-electron chi connectivity index (χ3n) is 5.87. The number of aromatic nitrogens is 3. The molecule has 1 aliphatic heterocycles. The predicted molar refractivity (Wildman–Crippen MR) is 124 cm³/mol. The zero-order valence-corrected chi connectivity index (χ0v) is 18.4. The highest BCUT2D eigenvalue weighted by atomic mass is 32.1. The maximum absolute atomic E-state index is 13.4. The first-order chi connectivity index (χ1) is 15.9. The molecule has 5 nitrogen and oxygen atoms in total. The van der Waals surface area contributed by atoms with Gasteiger partial charge in [-0.1, -0.05) is 6.07 Å². The molecule has 0 spiro atoms. The van der Waals surface area contributed by atoms with Crippen molar-refractivity contribution in [3.05, 3.63) is 66.6 Å². The van der Waals surface area contributed by atoms with E-state index in [9.17, 15) is 13.2 Å². The second-order valence-corrected chi connectivity index (χ2v) is 8.53. The number of hydrogen-bond donors (Lipinski definition) is 2. The molecule has 0 aliphatic carbocycles. The van der Waals surface area contributed by atoms with Crippen molar-refractivity contribution in [2.24, 2.45) is 0 Å². The Bertz CT molecular complexity index is 1260. The lowest BCUT2D eigenvalue weighted by atomic mass is 10.0. The van der Waals surface area contributed by atoms with Gasteiger partial charge in [-0.15, -0.1) is 12.6 Å². The van der Waals surface area contributed by atoms with Gasteiger partial charge in [-0.2, -0.15) is 18.3 Å². The van der Waals surface area contributed by atoms with Gasteiger partial charge in [-0.3, -0.25) is 10.1 Å². The van der Waals surface area contributed by atoms with E-state index >= 15 is 0 Å². The number of thiol groups is 1. The summed E-state index contributed by atoms with van der Waals surface area (Å²) in [5.74, 6) is 0.825. The van der Waals surface area contributed by atoms with Gasteiger partial charge in [0.2, 0.25) is 0 Å². The number of nitrogens with one attached hydrogen (secondary N) is 1. The molecular formula is C24H21F3N4OS. The number of fused-ring (bicyclic) bond motifs is 1. The first-order valence-corrected chi connectivity index (χ1v) is 11.0. The topological polar surface area (TPSA) is 54.0 Å². The summed E-state index contributed by atoms with van der Waals surface area (Å²) in [6.45, 7) is 1.55. The fourth-order valence-corrected chi connectivity index (χ4v) is 4.38. The van der Waals surface area contributed by atoms with Crippen molar-refractivity contribution in [3.63, 3.8) is 0 Å². The minimum Gasteiger partial charge on any atom is -0.490 e. The number of H-pyrrole nitrogens is 1. The van der Waals surface area contributed by atoms with Crippen LogP contribution in [0.5, 0.6) is 5.75 Å². The SMILES string of the molecule is FC(F)(F)c1[nH]ncc1-c1ccc2nccc(N3CCC(Oc4ccc(S)cc4)CC3)c2c1. The Morgan fingerprint density at radius 3 is 2.52 bits per heavy atom. The van der Waals surface area contributed by atoms with E-state index in [1.165, 1.54) is 6.20 Å². The van der Waals surface area contributed by atoms with Crippen LogP contribution in [0.2, 0.25) is 0 Å². The molecule has 0 radical (unpaired) electrons. The molecule has 5 rings (SSSR count). The number of benzene rings is 2. The van der Waals surface area contributed by atoms with Crippen LogP contribution in [0, 0.1) is 0 Å². The van der Waals surface area contributed by atoms with Crippen LogP contribution in [0.3, 0.4) is 0 Å². The van der Waals surface area contributed by atoms with Crippen LogP contribution in [-0.2, 0) is 6.18 Å². The first kappa shape index (κ1) is 21.6. The molecule has 2 aromatic heterocycles. The van der Waals surface area contributed by atoms with Gasteiger partial charge < -0.3 is 9.64 Å². The lowest BCUT2D eigenvalue weighted by Gasteiger charge is -2.34. The summed E-state index contributed by atoms with van der Waals surface area (Å²) in [6, 6.07) is 14.7. The van der Waals surface area contributed by atoms with Crippen molar-refractivity contribution in [1.29, 1.82) is 0 Å². The molecule has 0 atom stereocenters. The minimum absolute atomic E-state index is 0.0264. The highest BCUT2D eigenvalue weighted by molar-refractivity contribution is 7.80. The fourth-order valence-electron chi connectivity index (χ4n) is 4.23. The summed E-state index contributed by atoms with van der Waals surface area (Å²) in [6.07, 6.45) is 0.225. The van der Waals surface area contributed by atoms with Gasteiger partial charge in [0.1, 0.15) is 17.5 Å². The molecule has 170 valence electrons. The van der Waals surface area contributed by atoms with Crippen molar-refractivity contribution in [2.75, 3.05) is 18.0 Å². The van der Waals surface area contributed by atoms with Crippen LogP contribution in [-0.4, -0.2) is 34.4 Å². The average Bonchev–Trinajstić information content (AvgIpc) is 3.31. The largest absolute Gasteiger partial charge is 0.490 e.